The summed E-state index contributed by atoms with van der Waals surface area (Å²) in [5, 5.41) is 17.0. The van der Waals surface area contributed by atoms with Crippen LogP contribution in [0.15, 0.2) is 5.38 Å². The van der Waals surface area contributed by atoms with E-state index in [9.17, 15) is 9.59 Å². The number of nitrogens with one attached hydrogen (secondary N) is 2. The second kappa shape index (κ2) is 6.48. The standard InChI is InChI=1S/C11H16N4O3S/c16-10(17)8-7-19-9(14-8)1-2-13-11(18)15-5-3-12-4-6-15/h7,12H,1-6H2,(H,13,18)(H,16,17). The fraction of sp³-hybridized carbons (Fsp3) is 0.545. The van der Waals surface area contributed by atoms with E-state index in [4.69, 9.17) is 5.11 Å². The second-order valence-corrected chi connectivity index (χ2v) is 5.09. The van der Waals surface area contributed by atoms with Gasteiger partial charge in [0.1, 0.15) is 0 Å². The number of rotatable bonds is 4. The predicted octanol–water partition coefficient (Wildman–Crippen LogP) is -0.00140. The van der Waals surface area contributed by atoms with E-state index in [2.05, 4.69) is 15.6 Å². The molecule has 0 aliphatic carbocycles. The number of carbonyl (C=O) groups excluding carboxylic acids is 1. The van der Waals surface area contributed by atoms with Crippen LogP contribution in [0.1, 0.15) is 15.5 Å². The minimum Gasteiger partial charge on any atom is -0.476 e. The zero-order valence-corrected chi connectivity index (χ0v) is 11.2. The first-order valence-corrected chi connectivity index (χ1v) is 6.96. The molecule has 0 unspecified atom stereocenters. The van der Waals surface area contributed by atoms with Gasteiger partial charge >= 0.3 is 12.0 Å². The van der Waals surface area contributed by atoms with Gasteiger partial charge in [0.25, 0.3) is 0 Å². The number of carbonyl (C=O) groups is 2. The van der Waals surface area contributed by atoms with E-state index in [-0.39, 0.29) is 11.7 Å². The van der Waals surface area contributed by atoms with Crippen molar-refractivity contribution in [1.29, 1.82) is 0 Å². The quantitative estimate of drug-likeness (QED) is 0.723. The Labute approximate surface area is 114 Å². The van der Waals surface area contributed by atoms with Crippen molar-refractivity contribution >= 4 is 23.3 Å². The van der Waals surface area contributed by atoms with Crippen LogP contribution in [0.2, 0.25) is 0 Å². The van der Waals surface area contributed by atoms with Gasteiger partial charge in [-0.15, -0.1) is 11.3 Å². The Morgan fingerprint density at radius 2 is 2.21 bits per heavy atom. The number of carboxylic acids is 1. The molecule has 3 N–H and O–H groups in total. The summed E-state index contributed by atoms with van der Waals surface area (Å²) in [6, 6.07) is -0.0727. The number of hydrogen-bond donors (Lipinski definition) is 3. The lowest BCUT2D eigenvalue weighted by molar-refractivity contribution is 0.0691. The van der Waals surface area contributed by atoms with Gasteiger partial charge in [0.2, 0.25) is 0 Å². The van der Waals surface area contributed by atoms with Gasteiger partial charge in [0, 0.05) is 44.5 Å². The van der Waals surface area contributed by atoms with Gasteiger partial charge in [-0.3, -0.25) is 0 Å². The van der Waals surface area contributed by atoms with Crippen LogP contribution in [0.5, 0.6) is 0 Å². The molecular weight excluding hydrogens is 268 g/mol. The number of piperazine rings is 1. The van der Waals surface area contributed by atoms with Gasteiger partial charge in [0.05, 0.1) is 5.01 Å². The van der Waals surface area contributed by atoms with E-state index < -0.39 is 5.97 Å². The maximum absolute atomic E-state index is 11.8. The Balaban J connectivity index is 1.73. The second-order valence-electron chi connectivity index (χ2n) is 4.15. The van der Waals surface area contributed by atoms with E-state index in [1.54, 1.807) is 4.90 Å². The summed E-state index contributed by atoms with van der Waals surface area (Å²) in [6.07, 6.45) is 0.551. The largest absolute Gasteiger partial charge is 0.476 e. The van der Waals surface area contributed by atoms with Crippen molar-refractivity contribution in [3.63, 3.8) is 0 Å². The number of hydrogen-bond acceptors (Lipinski definition) is 5. The molecule has 2 heterocycles. The Hall–Kier alpha value is -1.67. The molecule has 1 aliphatic rings. The van der Waals surface area contributed by atoms with Gasteiger partial charge in [-0.25, -0.2) is 14.6 Å². The van der Waals surface area contributed by atoms with Gasteiger partial charge in [0.15, 0.2) is 5.69 Å². The Bertz CT molecular complexity index is 457. The molecule has 2 amide bonds. The van der Waals surface area contributed by atoms with Crippen molar-refractivity contribution in [3.8, 4) is 0 Å². The third-order valence-electron chi connectivity index (χ3n) is 2.79. The van der Waals surface area contributed by atoms with Crippen LogP contribution in [-0.4, -0.2) is 59.7 Å². The van der Waals surface area contributed by atoms with Crippen molar-refractivity contribution in [1.82, 2.24) is 20.5 Å². The maximum Gasteiger partial charge on any atom is 0.355 e. The number of amides is 2. The minimum atomic E-state index is -1.02. The summed E-state index contributed by atoms with van der Waals surface area (Å²) >= 11 is 1.30. The number of urea groups is 1. The van der Waals surface area contributed by atoms with Crippen molar-refractivity contribution in [3.05, 3.63) is 16.1 Å². The smallest absolute Gasteiger partial charge is 0.355 e. The summed E-state index contributed by atoms with van der Waals surface area (Å²) in [6.45, 7) is 3.54. The van der Waals surface area contributed by atoms with Gasteiger partial charge in [-0.1, -0.05) is 0 Å². The highest BCUT2D eigenvalue weighted by Gasteiger charge is 2.15. The molecule has 19 heavy (non-hydrogen) atoms. The van der Waals surface area contributed by atoms with E-state index in [0.29, 0.717) is 26.1 Å². The third-order valence-corrected chi connectivity index (χ3v) is 3.70. The molecule has 0 radical (unpaired) electrons. The monoisotopic (exact) mass is 284 g/mol. The zero-order valence-electron chi connectivity index (χ0n) is 10.4. The van der Waals surface area contributed by atoms with Crippen LogP contribution in [0.25, 0.3) is 0 Å². The molecule has 0 bridgehead atoms. The van der Waals surface area contributed by atoms with Crippen LogP contribution < -0.4 is 10.6 Å². The molecule has 1 aromatic heterocycles. The SMILES string of the molecule is O=C(O)c1csc(CCNC(=O)N2CCNCC2)n1. The normalized spacial score (nSPS) is 15.3. The van der Waals surface area contributed by atoms with Crippen LogP contribution in [0.4, 0.5) is 4.79 Å². The molecule has 8 heteroatoms. The van der Waals surface area contributed by atoms with E-state index in [1.165, 1.54) is 16.7 Å². The van der Waals surface area contributed by atoms with Crippen molar-refractivity contribution in [2.45, 2.75) is 6.42 Å². The molecule has 0 saturated carbocycles. The molecule has 0 spiro atoms. The number of aromatic nitrogens is 1. The molecule has 1 fully saturated rings. The van der Waals surface area contributed by atoms with Crippen molar-refractivity contribution in [2.24, 2.45) is 0 Å². The van der Waals surface area contributed by atoms with Crippen LogP contribution in [0, 0.1) is 0 Å². The summed E-state index contributed by atoms with van der Waals surface area (Å²) in [7, 11) is 0. The number of thiazole rings is 1. The first-order valence-electron chi connectivity index (χ1n) is 6.08. The Kier molecular flexibility index (Phi) is 4.69. The Morgan fingerprint density at radius 3 is 2.84 bits per heavy atom. The lowest BCUT2D eigenvalue weighted by Gasteiger charge is -2.27. The third kappa shape index (κ3) is 3.90. The summed E-state index contributed by atoms with van der Waals surface area (Å²) < 4.78 is 0. The highest BCUT2D eigenvalue weighted by molar-refractivity contribution is 7.09. The number of carboxylic acid groups (broad SMARTS) is 1. The number of nitrogens with zero attached hydrogens (tertiary/aromatic N) is 2. The van der Waals surface area contributed by atoms with E-state index in [0.717, 1.165) is 18.1 Å². The first-order chi connectivity index (χ1) is 9.16. The van der Waals surface area contributed by atoms with E-state index in [1.807, 2.05) is 0 Å². The summed E-state index contributed by atoms with van der Waals surface area (Å²) in [4.78, 5) is 28.2. The highest BCUT2D eigenvalue weighted by atomic mass is 32.1. The van der Waals surface area contributed by atoms with Gasteiger partial charge < -0.3 is 20.6 Å². The first kappa shape index (κ1) is 13.8. The van der Waals surface area contributed by atoms with Crippen molar-refractivity contribution < 1.29 is 14.7 Å². The average molecular weight is 284 g/mol. The topological polar surface area (TPSA) is 94.6 Å². The summed E-state index contributed by atoms with van der Waals surface area (Å²) in [5.74, 6) is -1.02. The summed E-state index contributed by atoms with van der Waals surface area (Å²) in [5.41, 5.74) is 0.0634. The molecule has 1 aliphatic heterocycles. The lowest BCUT2D eigenvalue weighted by Crippen LogP contribution is -2.50. The molecule has 2 rings (SSSR count). The van der Waals surface area contributed by atoms with Crippen LogP contribution >= 0.6 is 11.3 Å². The van der Waals surface area contributed by atoms with E-state index >= 15 is 0 Å². The molecule has 0 aromatic carbocycles. The molecule has 1 aromatic rings. The molecule has 7 nitrogen and oxygen atoms in total. The lowest BCUT2D eigenvalue weighted by atomic mass is 10.4. The molecule has 104 valence electrons. The van der Waals surface area contributed by atoms with Gasteiger partial charge in [-0.2, -0.15) is 0 Å². The van der Waals surface area contributed by atoms with Crippen LogP contribution in [0.3, 0.4) is 0 Å². The number of aromatic carboxylic acids is 1. The fourth-order valence-corrected chi connectivity index (χ4v) is 2.55. The molecular formula is C11H16N4O3S. The fourth-order valence-electron chi connectivity index (χ4n) is 1.78. The minimum absolute atomic E-state index is 0.0634. The zero-order chi connectivity index (χ0) is 13.7. The van der Waals surface area contributed by atoms with Crippen LogP contribution in [-0.2, 0) is 6.42 Å². The maximum atomic E-state index is 11.8. The van der Waals surface area contributed by atoms with Crippen molar-refractivity contribution in [2.75, 3.05) is 32.7 Å². The predicted molar refractivity (Wildman–Crippen MR) is 70.6 cm³/mol. The average Bonchev–Trinajstić information content (AvgIpc) is 2.89. The molecule has 0 atom stereocenters. The van der Waals surface area contributed by atoms with Gasteiger partial charge in [-0.05, 0) is 0 Å². The molecule has 1 saturated heterocycles. The Morgan fingerprint density at radius 1 is 1.47 bits per heavy atom. The highest BCUT2D eigenvalue weighted by Crippen LogP contribution is 2.09.